The Morgan fingerprint density at radius 3 is 2.44 bits per heavy atom. The van der Waals surface area contributed by atoms with Gasteiger partial charge in [0.25, 0.3) is 0 Å². The molecule has 1 heteroatoms. The predicted molar refractivity (Wildman–Crippen MR) is 78.5 cm³/mol. The summed E-state index contributed by atoms with van der Waals surface area (Å²) in [6.07, 6.45) is 10.1. The lowest BCUT2D eigenvalue weighted by Crippen LogP contribution is -2.43. The Labute approximate surface area is 112 Å². The van der Waals surface area contributed by atoms with Crippen LogP contribution in [0.5, 0.6) is 0 Å². The Kier molecular flexibility index (Phi) is 4.82. The van der Waals surface area contributed by atoms with E-state index in [0.29, 0.717) is 0 Å². The van der Waals surface area contributed by atoms with Crippen molar-refractivity contribution in [1.29, 1.82) is 0 Å². The molecule has 2 N–H and O–H groups in total. The molecule has 2 rings (SSSR count). The van der Waals surface area contributed by atoms with Crippen molar-refractivity contribution in [3.8, 4) is 0 Å². The molecule has 0 unspecified atom stereocenters. The first-order chi connectivity index (χ1) is 8.72. The molecule has 1 saturated carbocycles. The lowest BCUT2D eigenvalue weighted by atomic mass is 9.74. The Morgan fingerprint density at radius 1 is 1.17 bits per heavy atom. The van der Waals surface area contributed by atoms with Gasteiger partial charge in [-0.15, -0.1) is 0 Å². The zero-order valence-electron chi connectivity index (χ0n) is 11.7. The molecule has 1 aliphatic rings. The number of nitrogens with two attached hydrogens (primary N) is 1. The molecule has 0 atom stereocenters. The van der Waals surface area contributed by atoms with Gasteiger partial charge >= 0.3 is 0 Å². The average Bonchev–Trinajstić information content (AvgIpc) is 2.41. The quantitative estimate of drug-likeness (QED) is 0.822. The smallest absolute Gasteiger partial charge is 0.0154 e. The molecule has 0 aromatic heterocycles. The Morgan fingerprint density at radius 2 is 1.83 bits per heavy atom. The van der Waals surface area contributed by atoms with Crippen LogP contribution in [-0.4, -0.2) is 5.54 Å². The molecule has 1 aliphatic carbocycles. The zero-order valence-corrected chi connectivity index (χ0v) is 11.7. The molecule has 18 heavy (non-hydrogen) atoms. The summed E-state index contributed by atoms with van der Waals surface area (Å²) in [7, 11) is 0. The van der Waals surface area contributed by atoms with Gasteiger partial charge in [0, 0.05) is 5.54 Å². The molecular weight excluding hydrogens is 218 g/mol. The van der Waals surface area contributed by atoms with Gasteiger partial charge in [0.1, 0.15) is 0 Å². The molecule has 100 valence electrons. The first kappa shape index (κ1) is 13.6. The fourth-order valence-electron chi connectivity index (χ4n) is 3.20. The number of benzene rings is 1. The van der Waals surface area contributed by atoms with Gasteiger partial charge in [-0.2, -0.15) is 0 Å². The maximum atomic E-state index is 6.54. The van der Waals surface area contributed by atoms with Gasteiger partial charge in [-0.25, -0.2) is 0 Å². The molecule has 0 radical (unpaired) electrons. The van der Waals surface area contributed by atoms with Crippen molar-refractivity contribution >= 4 is 0 Å². The fourth-order valence-corrected chi connectivity index (χ4v) is 3.20. The minimum Gasteiger partial charge on any atom is -0.325 e. The van der Waals surface area contributed by atoms with Crippen molar-refractivity contribution in [1.82, 2.24) is 0 Å². The third-order valence-corrected chi connectivity index (χ3v) is 4.66. The molecule has 0 spiro atoms. The summed E-state index contributed by atoms with van der Waals surface area (Å²) < 4.78 is 0. The van der Waals surface area contributed by atoms with E-state index in [1.54, 1.807) is 0 Å². The van der Waals surface area contributed by atoms with Crippen molar-refractivity contribution < 1.29 is 0 Å². The van der Waals surface area contributed by atoms with Crippen molar-refractivity contribution in [2.24, 2.45) is 11.7 Å². The molecular formula is C17H27N. The number of rotatable bonds is 5. The second-order valence-corrected chi connectivity index (χ2v) is 6.05. The van der Waals surface area contributed by atoms with Crippen molar-refractivity contribution in [2.75, 3.05) is 0 Å². The summed E-state index contributed by atoms with van der Waals surface area (Å²) >= 11 is 0. The van der Waals surface area contributed by atoms with E-state index >= 15 is 0 Å². The van der Waals surface area contributed by atoms with Crippen LogP contribution in [0.15, 0.2) is 30.3 Å². The maximum Gasteiger partial charge on any atom is 0.0154 e. The third kappa shape index (κ3) is 3.84. The highest BCUT2D eigenvalue weighted by Gasteiger charge is 2.30. The Bertz CT molecular complexity index is 336. The minimum atomic E-state index is 0.139. The van der Waals surface area contributed by atoms with E-state index in [9.17, 15) is 0 Å². The molecule has 0 aliphatic heterocycles. The predicted octanol–water partition coefficient (Wildman–Crippen LogP) is 4.31. The van der Waals surface area contributed by atoms with E-state index in [0.717, 1.165) is 5.92 Å². The fraction of sp³-hybridized carbons (Fsp3) is 0.647. The highest BCUT2D eigenvalue weighted by molar-refractivity contribution is 5.14. The third-order valence-electron chi connectivity index (χ3n) is 4.66. The van der Waals surface area contributed by atoms with Crippen molar-refractivity contribution in [2.45, 2.75) is 63.8 Å². The maximum absolute atomic E-state index is 6.54. The number of hydrogen-bond acceptors (Lipinski definition) is 1. The normalized spacial score (nSPS) is 28.2. The van der Waals surface area contributed by atoms with Gasteiger partial charge in [0.05, 0.1) is 0 Å². The van der Waals surface area contributed by atoms with E-state index < -0.39 is 0 Å². The summed E-state index contributed by atoms with van der Waals surface area (Å²) in [5.74, 6) is 0.941. The van der Waals surface area contributed by atoms with Crippen molar-refractivity contribution in [3.05, 3.63) is 35.9 Å². The summed E-state index contributed by atoms with van der Waals surface area (Å²) in [6, 6.07) is 10.8. The Hall–Kier alpha value is -0.820. The topological polar surface area (TPSA) is 26.0 Å². The molecule has 0 heterocycles. The van der Waals surface area contributed by atoms with E-state index in [4.69, 9.17) is 5.73 Å². The van der Waals surface area contributed by atoms with Crippen LogP contribution in [0.1, 0.15) is 57.4 Å². The van der Waals surface area contributed by atoms with Gasteiger partial charge in [0.2, 0.25) is 0 Å². The monoisotopic (exact) mass is 245 g/mol. The van der Waals surface area contributed by atoms with Gasteiger partial charge in [-0.1, -0.05) is 43.7 Å². The lowest BCUT2D eigenvalue weighted by molar-refractivity contribution is 0.215. The summed E-state index contributed by atoms with van der Waals surface area (Å²) in [4.78, 5) is 0. The minimum absolute atomic E-state index is 0.139. The average molecular weight is 245 g/mol. The molecule has 0 saturated heterocycles. The second kappa shape index (κ2) is 6.38. The molecule has 1 fully saturated rings. The summed E-state index contributed by atoms with van der Waals surface area (Å²) in [5.41, 5.74) is 8.13. The van der Waals surface area contributed by atoms with E-state index in [2.05, 4.69) is 37.3 Å². The standard InChI is InChI=1S/C17H27N/c1-2-15-10-13-17(18,14-11-15)12-6-9-16-7-4-3-5-8-16/h3-5,7-8,15H,2,6,9-14,18H2,1H3. The first-order valence-corrected chi connectivity index (χ1v) is 7.55. The molecule has 1 aromatic carbocycles. The van der Waals surface area contributed by atoms with Gasteiger partial charge in [-0.3, -0.25) is 0 Å². The molecule has 0 bridgehead atoms. The largest absolute Gasteiger partial charge is 0.325 e. The van der Waals surface area contributed by atoms with Crippen LogP contribution < -0.4 is 5.73 Å². The van der Waals surface area contributed by atoms with Crippen LogP contribution in [0, 0.1) is 5.92 Å². The van der Waals surface area contributed by atoms with Crippen LogP contribution in [0.3, 0.4) is 0 Å². The van der Waals surface area contributed by atoms with Gasteiger partial charge in [0.15, 0.2) is 0 Å². The lowest BCUT2D eigenvalue weighted by Gasteiger charge is -2.37. The SMILES string of the molecule is CCC1CCC(N)(CCCc2ccccc2)CC1. The summed E-state index contributed by atoms with van der Waals surface area (Å²) in [6.45, 7) is 2.31. The zero-order chi connectivity index (χ0) is 12.8. The molecule has 0 amide bonds. The highest BCUT2D eigenvalue weighted by atomic mass is 14.7. The first-order valence-electron chi connectivity index (χ1n) is 7.55. The van der Waals surface area contributed by atoms with Crippen LogP contribution in [-0.2, 0) is 6.42 Å². The van der Waals surface area contributed by atoms with Crippen LogP contribution in [0.25, 0.3) is 0 Å². The van der Waals surface area contributed by atoms with Crippen molar-refractivity contribution in [3.63, 3.8) is 0 Å². The van der Waals surface area contributed by atoms with Crippen LogP contribution >= 0.6 is 0 Å². The number of hydrogen-bond donors (Lipinski definition) is 1. The number of aryl methyl sites for hydroxylation is 1. The molecule has 1 aromatic rings. The van der Waals surface area contributed by atoms with Crippen LogP contribution in [0.2, 0.25) is 0 Å². The van der Waals surface area contributed by atoms with E-state index in [1.807, 2.05) is 0 Å². The Balaban J connectivity index is 1.73. The highest BCUT2D eigenvalue weighted by Crippen LogP contribution is 2.34. The van der Waals surface area contributed by atoms with E-state index in [1.165, 1.54) is 56.9 Å². The van der Waals surface area contributed by atoms with Gasteiger partial charge in [-0.05, 0) is 56.4 Å². The van der Waals surface area contributed by atoms with Crippen LogP contribution in [0.4, 0.5) is 0 Å². The second-order valence-electron chi connectivity index (χ2n) is 6.05. The molecule has 1 nitrogen and oxygen atoms in total. The summed E-state index contributed by atoms with van der Waals surface area (Å²) in [5, 5.41) is 0. The van der Waals surface area contributed by atoms with E-state index in [-0.39, 0.29) is 5.54 Å². The van der Waals surface area contributed by atoms with Gasteiger partial charge < -0.3 is 5.73 Å².